The van der Waals surface area contributed by atoms with Crippen LogP contribution < -0.4 is 10.6 Å². The summed E-state index contributed by atoms with van der Waals surface area (Å²) in [6.07, 6.45) is 0. The average Bonchev–Trinajstić information content (AvgIpc) is 2.57. The number of nitrogens with one attached hydrogen (secondary N) is 2. The minimum Gasteiger partial charge on any atom is -0.325 e. The highest BCUT2D eigenvalue weighted by Gasteiger charge is 2.16. The van der Waals surface area contributed by atoms with Crippen molar-refractivity contribution >= 4 is 23.4 Å². The van der Waals surface area contributed by atoms with Crippen molar-refractivity contribution in [3.8, 4) is 0 Å². The number of thioether (sulfide) groups is 1. The normalized spacial score (nSPS) is 12.4. The van der Waals surface area contributed by atoms with Gasteiger partial charge in [-0.1, -0.05) is 37.7 Å². The predicted octanol–water partition coefficient (Wildman–Crippen LogP) is 5.07. The minimum absolute atomic E-state index is 0.0771. The van der Waals surface area contributed by atoms with Crippen LogP contribution in [0.1, 0.15) is 25.5 Å². The van der Waals surface area contributed by atoms with Gasteiger partial charge >= 0.3 is 0 Å². The van der Waals surface area contributed by atoms with Crippen molar-refractivity contribution in [1.82, 2.24) is 5.32 Å². The fraction of sp³-hybridized carbons (Fsp3) is 0.316. The molecule has 7 heteroatoms. The number of hydrogen-bond donors (Lipinski definition) is 2. The quantitative estimate of drug-likeness (QED) is 0.627. The standard InChI is InChI=1S/C19H21F3N2OS/c1-12(2)18(13-3-5-14(20)6-4-13)23-11-17(25)24-15-7-9-16(10-8-15)26-19(21)22/h3-10,12,18-19,23H,11H2,1-2H3,(H,24,25)/t18-/m1/s1. The summed E-state index contributed by atoms with van der Waals surface area (Å²) in [5, 5.41) is 5.89. The summed E-state index contributed by atoms with van der Waals surface area (Å²) in [5.74, 6) is -2.81. The van der Waals surface area contributed by atoms with Gasteiger partial charge in [0.05, 0.1) is 6.54 Å². The van der Waals surface area contributed by atoms with E-state index in [2.05, 4.69) is 10.6 Å². The molecule has 140 valence electrons. The van der Waals surface area contributed by atoms with Crippen molar-refractivity contribution in [3.63, 3.8) is 0 Å². The van der Waals surface area contributed by atoms with Crippen molar-refractivity contribution < 1.29 is 18.0 Å². The molecule has 1 atom stereocenters. The predicted molar refractivity (Wildman–Crippen MR) is 98.9 cm³/mol. The van der Waals surface area contributed by atoms with Gasteiger partial charge in [-0.05, 0) is 47.9 Å². The molecule has 2 aromatic rings. The third-order valence-electron chi connectivity index (χ3n) is 3.74. The Morgan fingerprint density at radius 2 is 1.65 bits per heavy atom. The zero-order valence-corrected chi connectivity index (χ0v) is 15.3. The molecule has 0 aliphatic rings. The number of benzene rings is 2. The summed E-state index contributed by atoms with van der Waals surface area (Å²) >= 11 is 0.457. The molecule has 0 aromatic heterocycles. The number of halogens is 3. The maximum absolute atomic E-state index is 13.1. The number of anilines is 1. The van der Waals surface area contributed by atoms with Gasteiger partial charge in [0.1, 0.15) is 5.82 Å². The maximum atomic E-state index is 13.1. The third-order valence-corrected chi connectivity index (χ3v) is 4.46. The lowest BCUT2D eigenvalue weighted by Crippen LogP contribution is -2.33. The van der Waals surface area contributed by atoms with Gasteiger partial charge in [0.15, 0.2) is 0 Å². The third kappa shape index (κ3) is 6.38. The van der Waals surface area contributed by atoms with Crippen LogP contribution in [0.5, 0.6) is 0 Å². The van der Waals surface area contributed by atoms with E-state index in [0.717, 1.165) is 5.56 Å². The van der Waals surface area contributed by atoms with Crippen molar-refractivity contribution in [2.24, 2.45) is 5.92 Å². The number of rotatable bonds is 8. The van der Waals surface area contributed by atoms with E-state index in [0.29, 0.717) is 22.3 Å². The van der Waals surface area contributed by atoms with Gasteiger partial charge in [-0.15, -0.1) is 0 Å². The molecule has 0 aliphatic heterocycles. The number of hydrogen-bond acceptors (Lipinski definition) is 3. The first-order valence-electron chi connectivity index (χ1n) is 8.18. The van der Waals surface area contributed by atoms with Crippen LogP contribution >= 0.6 is 11.8 Å². The number of alkyl halides is 2. The minimum atomic E-state index is -2.47. The first-order chi connectivity index (χ1) is 12.3. The van der Waals surface area contributed by atoms with E-state index in [4.69, 9.17) is 0 Å². The van der Waals surface area contributed by atoms with Crippen molar-refractivity contribution in [3.05, 3.63) is 59.9 Å². The summed E-state index contributed by atoms with van der Waals surface area (Å²) in [5.41, 5.74) is 1.45. The molecule has 26 heavy (non-hydrogen) atoms. The van der Waals surface area contributed by atoms with Crippen LogP contribution in [0.25, 0.3) is 0 Å². The Hall–Kier alpha value is -1.99. The van der Waals surface area contributed by atoms with Crippen LogP contribution in [-0.2, 0) is 4.79 Å². The Morgan fingerprint density at radius 1 is 1.04 bits per heavy atom. The molecule has 3 nitrogen and oxygen atoms in total. The molecular weight excluding hydrogens is 361 g/mol. The molecular formula is C19H21F3N2OS. The monoisotopic (exact) mass is 382 g/mol. The van der Waals surface area contributed by atoms with Gasteiger partial charge in [-0.2, -0.15) is 8.78 Å². The number of amides is 1. The topological polar surface area (TPSA) is 41.1 Å². The van der Waals surface area contributed by atoms with Crippen LogP contribution in [0.2, 0.25) is 0 Å². The molecule has 0 aliphatic carbocycles. The summed E-state index contributed by atoms with van der Waals surface area (Å²) < 4.78 is 37.7. The molecule has 0 saturated carbocycles. The van der Waals surface area contributed by atoms with E-state index in [-0.39, 0.29) is 30.2 Å². The molecule has 1 amide bonds. The maximum Gasteiger partial charge on any atom is 0.288 e. The first-order valence-corrected chi connectivity index (χ1v) is 9.06. The van der Waals surface area contributed by atoms with E-state index in [1.165, 1.54) is 24.3 Å². The zero-order valence-electron chi connectivity index (χ0n) is 14.5. The number of carbonyl (C=O) groups is 1. The Morgan fingerprint density at radius 3 is 2.19 bits per heavy atom. The molecule has 0 radical (unpaired) electrons. The second kappa shape index (κ2) is 9.64. The van der Waals surface area contributed by atoms with Gasteiger partial charge in [-0.3, -0.25) is 4.79 Å². The molecule has 0 fully saturated rings. The largest absolute Gasteiger partial charge is 0.325 e. The highest BCUT2D eigenvalue weighted by molar-refractivity contribution is 7.99. The molecule has 0 bridgehead atoms. The van der Waals surface area contributed by atoms with Gasteiger partial charge in [-0.25, -0.2) is 4.39 Å². The van der Waals surface area contributed by atoms with E-state index < -0.39 is 5.76 Å². The average molecular weight is 382 g/mol. The fourth-order valence-electron chi connectivity index (χ4n) is 2.54. The van der Waals surface area contributed by atoms with Crippen LogP contribution in [0.3, 0.4) is 0 Å². The first kappa shape index (κ1) is 20.3. The van der Waals surface area contributed by atoms with E-state index in [1.807, 2.05) is 13.8 Å². The lowest BCUT2D eigenvalue weighted by Gasteiger charge is -2.22. The summed E-state index contributed by atoms with van der Waals surface area (Å²) in [6, 6.07) is 12.3. The van der Waals surface area contributed by atoms with Gasteiger partial charge in [0, 0.05) is 16.6 Å². The Bertz CT molecular complexity index is 706. The van der Waals surface area contributed by atoms with Gasteiger partial charge < -0.3 is 10.6 Å². The SMILES string of the molecule is CC(C)[C@@H](NCC(=O)Nc1ccc(SC(F)F)cc1)c1ccc(F)cc1. The molecule has 2 N–H and O–H groups in total. The van der Waals surface area contributed by atoms with E-state index in [1.54, 1.807) is 24.3 Å². The molecule has 2 aromatic carbocycles. The second-order valence-corrected chi connectivity index (χ2v) is 7.17. The Labute approximate surface area is 155 Å². The lowest BCUT2D eigenvalue weighted by molar-refractivity contribution is -0.115. The summed E-state index contributed by atoms with van der Waals surface area (Å²) in [4.78, 5) is 12.6. The van der Waals surface area contributed by atoms with Crippen LogP contribution in [-0.4, -0.2) is 18.2 Å². The smallest absolute Gasteiger partial charge is 0.288 e. The van der Waals surface area contributed by atoms with Crippen LogP contribution in [0.15, 0.2) is 53.4 Å². The van der Waals surface area contributed by atoms with Crippen molar-refractivity contribution in [2.45, 2.75) is 30.5 Å². The molecule has 2 rings (SSSR count). The van der Waals surface area contributed by atoms with Crippen LogP contribution in [0, 0.1) is 11.7 Å². The second-order valence-electron chi connectivity index (χ2n) is 6.11. The zero-order chi connectivity index (χ0) is 19.1. The van der Waals surface area contributed by atoms with Crippen molar-refractivity contribution in [2.75, 3.05) is 11.9 Å². The summed E-state index contributed by atoms with van der Waals surface area (Å²) in [7, 11) is 0. The summed E-state index contributed by atoms with van der Waals surface area (Å²) in [6.45, 7) is 4.10. The fourth-order valence-corrected chi connectivity index (χ4v) is 3.04. The van der Waals surface area contributed by atoms with E-state index >= 15 is 0 Å². The molecule has 0 heterocycles. The van der Waals surface area contributed by atoms with Crippen molar-refractivity contribution in [1.29, 1.82) is 0 Å². The highest BCUT2D eigenvalue weighted by atomic mass is 32.2. The van der Waals surface area contributed by atoms with Crippen LogP contribution in [0.4, 0.5) is 18.9 Å². The van der Waals surface area contributed by atoms with Gasteiger partial charge in [0.2, 0.25) is 5.91 Å². The molecule has 0 saturated heterocycles. The number of carbonyl (C=O) groups excluding carboxylic acids is 1. The highest BCUT2D eigenvalue weighted by Crippen LogP contribution is 2.26. The molecule has 0 spiro atoms. The molecule has 0 unspecified atom stereocenters. The van der Waals surface area contributed by atoms with Gasteiger partial charge in [0.25, 0.3) is 5.76 Å². The Kier molecular flexibility index (Phi) is 7.53. The lowest BCUT2D eigenvalue weighted by atomic mass is 9.96. The van der Waals surface area contributed by atoms with E-state index in [9.17, 15) is 18.0 Å². The Balaban J connectivity index is 1.90.